The van der Waals surface area contributed by atoms with E-state index in [4.69, 9.17) is 4.74 Å². The first kappa shape index (κ1) is 18.5. The molecular formula is C23H30OS. The van der Waals surface area contributed by atoms with E-state index in [9.17, 15) is 0 Å². The molecule has 1 heterocycles. The molecule has 1 atom stereocenters. The summed E-state index contributed by atoms with van der Waals surface area (Å²) < 4.78 is 6.36. The lowest BCUT2D eigenvalue weighted by atomic mass is 9.67. The fourth-order valence-corrected chi connectivity index (χ4v) is 4.45. The monoisotopic (exact) mass is 354 g/mol. The Kier molecular flexibility index (Phi) is 7.01. The summed E-state index contributed by atoms with van der Waals surface area (Å²) in [4.78, 5) is 0. The first-order chi connectivity index (χ1) is 12.3. The zero-order valence-electron chi connectivity index (χ0n) is 15.1. The standard InChI is InChI=1S/C23H30OS/c25-17-9-15-23(22-14-7-8-16-24-22,18-20-10-3-1-4-11-20)19-21-12-5-2-6-13-21/h1-6,10-13,22,25H,7-9,14-19H2. The van der Waals surface area contributed by atoms with Gasteiger partial charge in [-0.3, -0.25) is 0 Å². The van der Waals surface area contributed by atoms with Crippen LogP contribution in [0.15, 0.2) is 60.7 Å². The summed E-state index contributed by atoms with van der Waals surface area (Å²) >= 11 is 4.51. The van der Waals surface area contributed by atoms with E-state index in [1.807, 2.05) is 0 Å². The molecule has 1 aliphatic rings. The number of benzene rings is 2. The summed E-state index contributed by atoms with van der Waals surface area (Å²) in [6.07, 6.45) is 8.51. The fraction of sp³-hybridized carbons (Fsp3) is 0.478. The summed E-state index contributed by atoms with van der Waals surface area (Å²) in [7, 11) is 0. The lowest BCUT2D eigenvalue weighted by Gasteiger charge is -2.43. The molecule has 3 rings (SSSR count). The smallest absolute Gasteiger partial charge is 0.0637 e. The maximum Gasteiger partial charge on any atom is 0.0637 e. The zero-order chi connectivity index (χ0) is 17.4. The molecule has 2 heteroatoms. The second-order valence-corrected chi connectivity index (χ2v) is 7.82. The van der Waals surface area contributed by atoms with E-state index in [-0.39, 0.29) is 5.41 Å². The van der Waals surface area contributed by atoms with Gasteiger partial charge in [0.05, 0.1) is 6.10 Å². The third kappa shape index (κ3) is 5.12. The lowest BCUT2D eigenvalue weighted by Crippen LogP contribution is -2.43. The molecule has 0 N–H and O–H groups in total. The Balaban J connectivity index is 1.92. The molecule has 0 aliphatic carbocycles. The van der Waals surface area contributed by atoms with E-state index in [1.165, 1.54) is 36.8 Å². The van der Waals surface area contributed by atoms with Gasteiger partial charge in [0, 0.05) is 12.0 Å². The Hall–Kier alpha value is -1.25. The van der Waals surface area contributed by atoms with Crippen molar-refractivity contribution >= 4 is 12.6 Å². The molecule has 1 fully saturated rings. The number of hydrogen-bond acceptors (Lipinski definition) is 2. The Morgan fingerprint density at radius 3 is 1.96 bits per heavy atom. The molecule has 2 aromatic rings. The van der Waals surface area contributed by atoms with Gasteiger partial charge in [-0.25, -0.2) is 0 Å². The van der Waals surface area contributed by atoms with Crippen LogP contribution in [-0.4, -0.2) is 18.5 Å². The first-order valence-corrected chi connectivity index (χ1v) is 10.3. The maximum absolute atomic E-state index is 6.36. The van der Waals surface area contributed by atoms with Gasteiger partial charge in [-0.2, -0.15) is 12.6 Å². The van der Waals surface area contributed by atoms with Crippen molar-refractivity contribution in [1.82, 2.24) is 0 Å². The molecule has 25 heavy (non-hydrogen) atoms. The highest BCUT2D eigenvalue weighted by Gasteiger charge is 2.40. The predicted octanol–water partition coefficient (Wildman–Crippen LogP) is 5.74. The van der Waals surface area contributed by atoms with E-state index in [0.717, 1.165) is 31.6 Å². The summed E-state index contributed by atoms with van der Waals surface area (Å²) in [6.45, 7) is 0.914. The molecule has 134 valence electrons. The van der Waals surface area contributed by atoms with Gasteiger partial charge in [0.1, 0.15) is 0 Å². The second kappa shape index (κ2) is 9.45. The van der Waals surface area contributed by atoms with Gasteiger partial charge in [-0.15, -0.1) is 0 Å². The van der Waals surface area contributed by atoms with E-state index in [0.29, 0.717) is 6.10 Å². The summed E-state index contributed by atoms with van der Waals surface area (Å²) in [5, 5.41) is 0. The van der Waals surface area contributed by atoms with Gasteiger partial charge in [0.25, 0.3) is 0 Å². The minimum absolute atomic E-state index is 0.159. The van der Waals surface area contributed by atoms with Crippen molar-refractivity contribution in [2.45, 2.75) is 51.0 Å². The van der Waals surface area contributed by atoms with Crippen molar-refractivity contribution in [1.29, 1.82) is 0 Å². The molecule has 0 amide bonds. The third-order valence-corrected chi connectivity index (χ3v) is 5.81. The molecule has 0 bridgehead atoms. The molecule has 1 unspecified atom stereocenters. The summed E-state index contributed by atoms with van der Waals surface area (Å²) in [6, 6.07) is 21.9. The zero-order valence-corrected chi connectivity index (χ0v) is 16.0. The van der Waals surface area contributed by atoms with Crippen LogP contribution in [0.3, 0.4) is 0 Å². The first-order valence-electron chi connectivity index (χ1n) is 9.63. The van der Waals surface area contributed by atoms with Gasteiger partial charge in [0.2, 0.25) is 0 Å². The van der Waals surface area contributed by atoms with Crippen LogP contribution < -0.4 is 0 Å². The van der Waals surface area contributed by atoms with Gasteiger partial charge in [-0.05, 0) is 61.8 Å². The van der Waals surface area contributed by atoms with Crippen LogP contribution in [0.5, 0.6) is 0 Å². The van der Waals surface area contributed by atoms with Crippen LogP contribution >= 0.6 is 12.6 Å². The molecular weight excluding hydrogens is 324 g/mol. The molecule has 2 aromatic carbocycles. The molecule has 0 saturated carbocycles. The van der Waals surface area contributed by atoms with Crippen LogP contribution in [-0.2, 0) is 17.6 Å². The molecule has 0 radical (unpaired) electrons. The number of ether oxygens (including phenoxy) is 1. The summed E-state index contributed by atoms with van der Waals surface area (Å²) in [5.74, 6) is 0.943. The average Bonchev–Trinajstić information content (AvgIpc) is 2.68. The highest BCUT2D eigenvalue weighted by Crippen LogP contribution is 2.41. The Bertz CT molecular complexity index is 563. The fourth-order valence-electron chi connectivity index (χ4n) is 4.29. The highest BCUT2D eigenvalue weighted by atomic mass is 32.1. The van der Waals surface area contributed by atoms with Crippen LogP contribution in [0.25, 0.3) is 0 Å². The van der Waals surface area contributed by atoms with E-state index >= 15 is 0 Å². The lowest BCUT2D eigenvalue weighted by molar-refractivity contribution is -0.0733. The van der Waals surface area contributed by atoms with Crippen LogP contribution in [0.1, 0.15) is 43.2 Å². The molecule has 0 spiro atoms. The topological polar surface area (TPSA) is 9.23 Å². The van der Waals surface area contributed by atoms with Crippen molar-refractivity contribution in [3.8, 4) is 0 Å². The largest absolute Gasteiger partial charge is 0.378 e. The normalized spacial score (nSPS) is 18.2. The number of hydrogen-bond donors (Lipinski definition) is 1. The van der Waals surface area contributed by atoms with Gasteiger partial charge >= 0.3 is 0 Å². The van der Waals surface area contributed by atoms with E-state index in [2.05, 4.69) is 73.3 Å². The minimum atomic E-state index is 0.159. The molecule has 0 aromatic heterocycles. The van der Waals surface area contributed by atoms with Crippen molar-refractivity contribution in [2.75, 3.05) is 12.4 Å². The Morgan fingerprint density at radius 2 is 1.48 bits per heavy atom. The third-order valence-electron chi connectivity index (χ3n) is 5.49. The van der Waals surface area contributed by atoms with Crippen LogP contribution in [0.2, 0.25) is 0 Å². The minimum Gasteiger partial charge on any atom is -0.378 e. The second-order valence-electron chi connectivity index (χ2n) is 7.37. The quantitative estimate of drug-likeness (QED) is 0.595. The number of thiol groups is 1. The predicted molar refractivity (Wildman–Crippen MR) is 109 cm³/mol. The van der Waals surface area contributed by atoms with Crippen molar-refractivity contribution in [2.24, 2.45) is 5.41 Å². The van der Waals surface area contributed by atoms with Crippen molar-refractivity contribution < 1.29 is 4.74 Å². The van der Waals surface area contributed by atoms with Crippen molar-refractivity contribution in [3.05, 3.63) is 71.8 Å². The summed E-state index contributed by atoms with van der Waals surface area (Å²) in [5.41, 5.74) is 3.00. The van der Waals surface area contributed by atoms with Gasteiger partial charge in [-0.1, -0.05) is 60.7 Å². The Labute approximate surface area is 158 Å². The SMILES string of the molecule is SCCCC(Cc1ccccc1)(Cc1ccccc1)C1CCCCO1. The highest BCUT2D eigenvalue weighted by molar-refractivity contribution is 7.80. The molecule has 1 aliphatic heterocycles. The molecule has 1 nitrogen and oxygen atoms in total. The van der Waals surface area contributed by atoms with Crippen LogP contribution in [0.4, 0.5) is 0 Å². The van der Waals surface area contributed by atoms with Gasteiger partial charge in [0.15, 0.2) is 0 Å². The van der Waals surface area contributed by atoms with E-state index < -0.39 is 0 Å². The maximum atomic E-state index is 6.36. The van der Waals surface area contributed by atoms with Gasteiger partial charge < -0.3 is 4.74 Å². The van der Waals surface area contributed by atoms with E-state index in [1.54, 1.807) is 0 Å². The van der Waals surface area contributed by atoms with Crippen LogP contribution in [0, 0.1) is 5.41 Å². The average molecular weight is 355 g/mol. The molecule has 1 saturated heterocycles. The van der Waals surface area contributed by atoms with Crippen molar-refractivity contribution in [3.63, 3.8) is 0 Å². The Morgan fingerprint density at radius 1 is 0.880 bits per heavy atom. The number of rotatable bonds is 8.